The third-order valence-corrected chi connectivity index (χ3v) is 1.96. The van der Waals surface area contributed by atoms with Crippen LogP contribution in [0.2, 0.25) is 0 Å². The number of nitrogens with zero attached hydrogens (tertiary/aromatic N) is 1. The molecule has 1 aromatic rings. The SMILES string of the molecule is O=Cc1cccnc1S(=O)(=O)F. The number of hydrogen-bond acceptors (Lipinski definition) is 4. The van der Waals surface area contributed by atoms with Crippen LogP contribution in [-0.4, -0.2) is 19.7 Å². The first-order chi connectivity index (χ1) is 5.55. The van der Waals surface area contributed by atoms with E-state index >= 15 is 0 Å². The standard InChI is InChI=1S/C6H4FNO3S/c7-12(10,11)6-5(4-9)2-1-3-8-6/h1-4H. The molecule has 0 saturated carbocycles. The molecule has 12 heavy (non-hydrogen) atoms. The van der Waals surface area contributed by atoms with Gasteiger partial charge in [-0.2, -0.15) is 8.42 Å². The zero-order valence-corrected chi connectivity index (χ0v) is 6.58. The summed E-state index contributed by atoms with van der Waals surface area (Å²) in [5.74, 6) is 0. The van der Waals surface area contributed by atoms with E-state index in [4.69, 9.17) is 0 Å². The summed E-state index contributed by atoms with van der Waals surface area (Å²) in [6.45, 7) is 0. The molecular weight excluding hydrogens is 185 g/mol. The van der Waals surface area contributed by atoms with Crippen molar-refractivity contribution in [3.05, 3.63) is 23.9 Å². The van der Waals surface area contributed by atoms with Gasteiger partial charge >= 0.3 is 10.2 Å². The summed E-state index contributed by atoms with van der Waals surface area (Å²) < 4.78 is 33.0. The summed E-state index contributed by atoms with van der Waals surface area (Å²) in [5, 5.41) is -0.833. The first-order valence-corrected chi connectivity index (χ1v) is 4.29. The Kier molecular flexibility index (Phi) is 2.18. The Morgan fingerprint density at radius 1 is 1.50 bits per heavy atom. The molecule has 0 aliphatic rings. The Morgan fingerprint density at radius 2 is 2.17 bits per heavy atom. The van der Waals surface area contributed by atoms with Crippen LogP contribution in [0.1, 0.15) is 10.4 Å². The summed E-state index contributed by atoms with van der Waals surface area (Å²) in [6.07, 6.45) is 1.33. The van der Waals surface area contributed by atoms with Crippen molar-refractivity contribution in [3.8, 4) is 0 Å². The van der Waals surface area contributed by atoms with Gasteiger partial charge in [0.2, 0.25) is 0 Å². The molecule has 0 radical (unpaired) electrons. The quantitative estimate of drug-likeness (QED) is 0.503. The summed E-state index contributed by atoms with van der Waals surface area (Å²) in [6, 6.07) is 2.52. The lowest BCUT2D eigenvalue weighted by atomic mass is 10.3. The van der Waals surface area contributed by atoms with Crippen molar-refractivity contribution >= 4 is 16.5 Å². The van der Waals surface area contributed by atoms with Gasteiger partial charge in [-0.1, -0.05) is 3.89 Å². The van der Waals surface area contributed by atoms with Crippen molar-refractivity contribution in [2.24, 2.45) is 0 Å². The number of aldehydes is 1. The third kappa shape index (κ3) is 1.65. The summed E-state index contributed by atoms with van der Waals surface area (Å²) in [5.41, 5.74) is -0.278. The highest BCUT2D eigenvalue weighted by Gasteiger charge is 2.17. The minimum Gasteiger partial charge on any atom is -0.298 e. The average Bonchev–Trinajstić information content (AvgIpc) is 2.03. The lowest BCUT2D eigenvalue weighted by Gasteiger charge is -1.95. The van der Waals surface area contributed by atoms with Crippen LogP contribution in [-0.2, 0) is 10.2 Å². The Hall–Kier alpha value is -1.30. The van der Waals surface area contributed by atoms with Gasteiger partial charge in [0, 0.05) is 6.20 Å². The van der Waals surface area contributed by atoms with Gasteiger partial charge in [-0.25, -0.2) is 4.98 Å². The Labute approximate surface area is 68.3 Å². The van der Waals surface area contributed by atoms with Crippen LogP contribution in [0.4, 0.5) is 3.89 Å². The van der Waals surface area contributed by atoms with E-state index in [1.807, 2.05) is 0 Å². The second-order valence-corrected chi connectivity index (χ2v) is 3.22. The maximum atomic E-state index is 12.3. The summed E-state index contributed by atoms with van der Waals surface area (Å²) in [4.78, 5) is 13.4. The molecule has 0 bridgehead atoms. The van der Waals surface area contributed by atoms with Crippen LogP contribution in [0, 0.1) is 0 Å². The fourth-order valence-corrected chi connectivity index (χ4v) is 1.28. The number of carbonyl (C=O) groups excluding carboxylic acids is 1. The van der Waals surface area contributed by atoms with Gasteiger partial charge in [-0.05, 0) is 12.1 Å². The topological polar surface area (TPSA) is 64.1 Å². The number of carbonyl (C=O) groups is 1. The van der Waals surface area contributed by atoms with Gasteiger partial charge in [0.25, 0.3) is 0 Å². The highest BCUT2D eigenvalue weighted by atomic mass is 32.3. The normalized spacial score (nSPS) is 11.1. The predicted molar refractivity (Wildman–Crippen MR) is 37.9 cm³/mol. The van der Waals surface area contributed by atoms with Gasteiger partial charge in [-0.15, -0.1) is 0 Å². The maximum absolute atomic E-state index is 12.3. The minimum absolute atomic E-state index is 0.236. The van der Waals surface area contributed by atoms with E-state index in [1.165, 1.54) is 12.1 Å². The van der Waals surface area contributed by atoms with Gasteiger partial charge in [0.1, 0.15) is 0 Å². The molecule has 0 amide bonds. The van der Waals surface area contributed by atoms with Gasteiger partial charge < -0.3 is 0 Å². The zero-order chi connectivity index (χ0) is 9.19. The second kappa shape index (κ2) is 2.98. The molecule has 1 aromatic heterocycles. The Balaban J connectivity index is 3.43. The highest BCUT2D eigenvalue weighted by Crippen LogP contribution is 2.11. The molecule has 1 rings (SSSR count). The maximum Gasteiger partial charge on any atom is 0.350 e. The van der Waals surface area contributed by atoms with Gasteiger partial charge in [0.15, 0.2) is 11.3 Å². The lowest BCUT2D eigenvalue weighted by molar-refractivity contribution is 0.111. The average molecular weight is 189 g/mol. The van der Waals surface area contributed by atoms with E-state index < -0.39 is 15.2 Å². The highest BCUT2D eigenvalue weighted by molar-refractivity contribution is 7.86. The number of aromatic nitrogens is 1. The lowest BCUT2D eigenvalue weighted by Crippen LogP contribution is -2.00. The fourth-order valence-electron chi connectivity index (χ4n) is 0.697. The van der Waals surface area contributed by atoms with E-state index in [1.54, 1.807) is 0 Å². The number of rotatable bonds is 2. The summed E-state index contributed by atoms with van der Waals surface area (Å²) in [7, 11) is -4.89. The largest absolute Gasteiger partial charge is 0.350 e. The van der Waals surface area contributed by atoms with E-state index in [-0.39, 0.29) is 11.8 Å². The van der Waals surface area contributed by atoms with Crippen molar-refractivity contribution in [1.82, 2.24) is 4.98 Å². The molecule has 0 saturated heterocycles. The van der Waals surface area contributed by atoms with Gasteiger partial charge in [0.05, 0.1) is 5.56 Å². The first kappa shape index (κ1) is 8.79. The minimum atomic E-state index is -4.89. The smallest absolute Gasteiger partial charge is 0.298 e. The van der Waals surface area contributed by atoms with Crippen molar-refractivity contribution in [2.75, 3.05) is 0 Å². The predicted octanol–water partition coefficient (Wildman–Crippen LogP) is 0.552. The van der Waals surface area contributed by atoms with Crippen LogP contribution in [0.25, 0.3) is 0 Å². The molecule has 6 heteroatoms. The Bertz CT molecular complexity index is 401. The van der Waals surface area contributed by atoms with Crippen molar-refractivity contribution in [1.29, 1.82) is 0 Å². The number of pyridine rings is 1. The van der Waals surface area contributed by atoms with Crippen LogP contribution >= 0.6 is 0 Å². The van der Waals surface area contributed by atoms with Crippen molar-refractivity contribution < 1.29 is 17.1 Å². The van der Waals surface area contributed by atoms with E-state index in [9.17, 15) is 17.1 Å². The monoisotopic (exact) mass is 189 g/mol. The fraction of sp³-hybridized carbons (Fsp3) is 0. The molecule has 0 atom stereocenters. The molecule has 0 spiro atoms. The molecule has 0 fully saturated rings. The molecule has 0 N–H and O–H groups in total. The molecule has 64 valence electrons. The molecule has 0 aromatic carbocycles. The van der Waals surface area contributed by atoms with E-state index in [2.05, 4.69) is 4.98 Å². The second-order valence-electron chi connectivity index (χ2n) is 1.95. The van der Waals surface area contributed by atoms with Crippen LogP contribution in [0.15, 0.2) is 23.4 Å². The van der Waals surface area contributed by atoms with Crippen molar-refractivity contribution in [2.45, 2.75) is 5.03 Å². The van der Waals surface area contributed by atoms with Crippen LogP contribution in [0.3, 0.4) is 0 Å². The Morgan fingerprint density at radius 3 is 2.58 bits per heavy atom. The van der Waals surface area contributed by atoms with Gasteiger partial charge in [-0.3, -0.25) is 4.79 Å². The first-order valence-electron chi connectivity index (χ1n) is 2.90. The molecule has 0 aliphatic heterocycles. The van der Waals surface area contributed by atoms with Crippen LogP contribution in [0.5, 0.6) is 0 Å². The van der Waals surface area contributed by atoms with Crippen molar-refractivity contribution in [3.63, 3.8) is 0 Å². The number of hydrogen-bond donors (Lipinski definition) is 0. The number of halogens is 1. The molecule has 0 unspecified atom stereocenters. The molecule has 0 aliphatic carbocycles. The summed E-state index contributed by atoms with van der Waals surface area (Å²) >= 11 is 0. The molecule has 4 nitrogen and oxygen atoms in total. The van der Waals surface area contributed by atoms with E-state index in [0.717, 1.165) is 6.20 Å². The van der Waals surface area contributed by atoms with Crippen LogP contribution < -0.4 is 0 Å². The molecular formula is C6H4FNO3S. The zero-order valence-electron chi connectivity index (χ0n) is 5.77. The third-order valence-electron chi connectivity index (χ3n) is 1.16. The molecule has 1 heterocycles. The van der Waals surface area contributed by atoms with E-state index in [0.29, 0.717) is 0 Å².